The molecular formula is C23H30N4O2S. The molecule has 30 heavy (non-hydrogen) atoms. The standard InChI is InChI=1S/C23H30N4O2S/c1-5-29-22(28)20-15(2)27-21(24-17-9-7-6-8-10-17)19(25-23(27)30-20)16-11-13-18(14-12-16)26(3)4/h11-14,17,24H,5-10H2,1-4H3. The van der Waals surface area contributed by atoms with Gasteiger partial charge in [-0.25, -0.2) is 9.78 Å². The SMILES string of the molecule is CCOC(=O)c1sc2nc(-c3ccc(N(C)C)cc3)c(NC3CCCCC3)n2c1C. The minimum Gasteiger partial charge on any atom is -0.462 e. The molecule has 0 spiro atoms. The summed E-state index contributed by atoms with van der Waals surface area (Å²) in [6, 6.07) is 8.91. The van der Waals surface area contributed by atoms with Gasteiger partial charge in [0.1, 0.15) is 16.4 Å². The molecule has 1 aliphatic carbocycles. The summed E-state index contributed by atoms with van der Waals surface area (Å²) in [6.07, 6.45) is 6.15. The average molecular weight is 427 g/mol. The Balaban J connectivity index is 1.80. The van der Waals surface area contributed by atoms with Crippen molar-refractivity contribution in [3.05, 3.63) is 34.8 Å². The van der Waals surface area contributed by atoms with Crippen LogP contribution in [0.25, 0.3) is 16.2 Å². The van der Waals surface area contributed by atoms with Gasteiger partial charge in [0.15, 0.2) is 4.96 Å². The second-order valence-electron chi connectivity index (χ2n) is 8.08. The zero-order valence-electron chi connectivity index (χ0n) is 18.2. The summed E-state index contributed by atoms with van der Waals surface area (Å²) in [5, 5.41) is 3.78. The molecule has 7 heteroatoms. The molecule has 0 bridgehead atoms. The van der Waals surface area contributed by atoms with Gasteiger partial charge in [0.05, 0.1) is 6.61 Å². The number of nitrogens with zero attached hydrogens (tertiary/aromatic N) is 3. The number of hydrogen-bond acceptors (Lipinski definition) is 6. The highest BCUT2D eigenvalue weighted by atomic mass is 32.1. The molecule has 2 heterocycles. The lowest BCUT2D eigenvalue weighted by molar-refractivity contribution is 0.0531. The summed E-state index contributed by atoms with van der Waals surface area (Å²) >= 11 is 1.40. The summed E-state index contributed by atoms with van der Waals surface area (Å²) in [5.41, 5.74) is 4.06. The van der Waals surface area contributed by atoms with Crippen molar-refractivity contribution in [1.29, 1.82) is 0 Å². The van der Waals surface area contributed by atoms with E-state index in [2.05, 4.69) is 38.9 Å². The summed E-state index contributed by atoms with van der Waals surface area (Å²) < 4.78 is 7.35. The number of ether oxygens (including phenoxy) is 1. The molecule has 2 aromatic heterocycles. The van der Waals surface area contributed by atoms with E-state index >= 15 is 0 Å². The van der Waals surface area contributed by atoms with Gasteiger partial charge in [0.25, 0.3) is 0 Å². The van der Waals surface area contributed by atoms with Crippen molar-refractivity contribution < 1.29 is 9.53 Å². The van der Waals surface area contributed by atoms with Crippen molar-refractivity contribution in [3.8, 4) is 11.3 Å². The molecule has 0 unspecified atom stereocenters. The number of fused-ring (bicyclic) bond motifs is 1. The number of esters is 1. The third kappa shape index (κ3) is 3.90. The third-order valence-electron chi connectivity index (χ3n) is 5.77. The predicted molar refractivity (Wildman–Crippen MR) is 124 cm³/mol. The van der Waals surface area contributed by atoms with Gasteiger partial charge in [-0.3, -0.25) is 4.40 Å². The Morgan fingerprint density at radius 2 is 1.93 bits per heavy atom. The number of carbonyl (C=O) groups excluding carboxylic acids is 1. The topological polar surface area (TPSA) is 58.9 Å². The maximum absolute atomic E-state index is 12.4. The highest BCUT2D eigenvalue weighted by Gasteiger charge is 2.25. The van der Waals surface area contributed by atoms with Crippen molar-refractivity contribution in [2.45, 2.75) is 52.0 Å². The number of aryl methyl sites for hydroxylation is 1. The zero-order valence-corrected chi connectivity index (χ0v) is 19.0. The lowest BCUT2D eigenvalue weighted by Crippen LogP contribution is -2.23. The monoisotopic (exact) mass is 426 g/mol. The maximum Gasteiger partial charge on any atom is 0.350 e. The Kier molecular flexibility index (Phi) is 5.99. The van der Waals surface area contributed by atoms with E-state index in [1.54, 1.807) is 0 Å². The van der Waals surface area contributed by atoms with Crippen LogP contribution in [0, 0.1) is 6.92 Å². The first kappa shape index (κ1) is 20.7. The molecule has 160 valence electrons. The summed E-state index contributed by atoms with van der Waals surface area (Å²) in [7, 11) is 4.08. The number of thiazole rings is 1. The van der Waals surface area contributed by atoms with Crippen LogP contribution in [0.1, 0.15) is 54.4 Å². The van der Waals surface area contributed by atoms with E-state index in [0.717, 1.165) is 33.4 Å². The molecule has 0 amide bonds. The number of imidazole rings is 1. The largest absolute Gasteiger partial charge is 0.462 e. The van der Waals surface area contributed by atoms with Crippen LogP contribution in [0.3, 0.4) is 0 Å². The van der Waals surface area contributed by atoms with Crippen LogP contribution >= 0.6 is 11.3 Å². The number of rotatable bonds is 6. The minimum absolute atomic E-state index is 0.272. The zero-order chi connectivity index (χ0) is 21.3. The molecule has 0 aliphatic heterocycles. The van der Waals surface area contributed by atoms with Crippen LogP contribution in [0.2, 0.25) is 0 Å². The number of nitrogens with one attached hydrogen (secondary N) is 1. The van der Waals surface area contributed by atoms with Crippen LogP contribution in [-0.2, 0) is 4.74 Å². The summed E-state index contributed by atoms with van der Waals surface area (Å²) in [5.74, 6) is 0.713. The van der Waals surface area contributed by atoms with Crippen LogP contribution < -0.4 is 10.2 Å². The second-order valence-corrected chi connectivity index (χ2v) is 9.06. The van der Waals surface area contributed by atoms with Crippen LogP contribution in [0.5, 0.6) is 0 Å². The minimum atomic E-state index is -0.272. The predicted octanol–water partition coefficient (Wildman–Crippen LogP) is 5.36. The molecule has 1 N–H and O–H groups in total. The lowest BCUT2D eigenvalue weighted by atomic mass is 9.95. The van der Waals surface area contributed by atoms with Crippen LogP contribution in [-0.4, -0.2) is 42.1 Å². The fourth-order valence-electron chi connectivity index (χ4n) is 4.12. The average Bonchev–Trinajstić information content (AvgIpc) is 3.26. The van der Waals surface area contributed by atoms with E-state index in [9.17, 15) is 4.79 Å². The first-order chi connectivity index (χ1) is 14.5. The van der Waals surface area contributed by atoms with Crippen LogP contribution in [0.15, 0.2) is 24.3 Å². The number of hydrogen-bond donors (Lipinski definition) is 1. The van der Waals surface area contributed by atoms with Gasteiger partial charge in [-0.2, -0.15) is 0 Å². The van der Waals surface area contributed by atoms with Crippen molar-refractivity contribution >= 4 is 33.8 Å². The number of anilines is 2. The first-order valence-electron chi connectivity index (χ1n) is 10.7. The van der Waals surface area contributed by atoms with Crippen molar-refractivity contribution in [2.75, 3.05) is 30.9 Å². The smallest absolute Gasteiger partial charge is 0.350 e. The highest BCUT2D eigenvalue weighted by molar-refractivity contribution is 7.19. The molecule has 1 aromatic carbocycles. The Hall–Kier alpha value is -2.54. The quantitative estimate of drug-likeness (QED) is 0.538. The summed E-state index contributed by atoms with van der Waals surface area (Å²) in [4.78, 5) is 20.9. The molecule has 6 nitrogen and oxygen atoms in total. The van der Waals surface area contributed by atoms with E-state index < -0.39 is 0 Å². The normalized spacial score (nSPS) is 14.8. The van der Waals surface area contributed by atoms with E-state index in [4.69, 9.17) is 9.72 Å². The maximum atomic E-state index is 12.4. The van der Waals surface area contributed by atoms with Gasteiger partial charge < -0.3 is 15.0 Å². The summed E-state index contributed by atoms with van der Waals surface area (Å²) in [6.45, 7) is 4.18. The van der Waals surface area contributed by atoms with E-state index in [0.29, 0.717) is 17.5 Å². The molecule has 3 aromatic rings. The van der Waals surface area contributed by atoms with Crippen molar-refractivity contribution in [2.24, 2.45) is 0 Å². The molecule has 0 saturated heterocycles. The number of carbonyl (C=O) groups is 1. The first-order valence-corrected chi connectivity index (χ1v) is 11.5. The van der Waals surface area contributed by atoms with E-state index in [1.165, 1.54) is 43.4 Å². The molecule has 0 radical (unpaired) electrons. The lowest BCUT2D eigenvalue weighted by Gasteiger charge is -2.24. The molecule has 1 aliphatic rings. The van der Waals surface area contributed by atoms with E-state index in [-0.39, 0.29) is 5.97 Å². The Bertz CT molecular complexity index is 1030. The van der Waals surface area contributed by atoms with Crippen molar-refractivity contribution in [1.82, 2.24) is 9.38 Å². The third-order valence-corrected chi connectivity index (χ3v) is 6.89. The van der Waals surface area contributed by atoms with Gasteiger partial charge >= 0.3 is 5.97 Å². The van der Waals surface area contributed by atoms with E-state index in [1.807, 2.05) is 27.9 Å². The van der Waals surface area contributed by atoms with Crippen LogP contribution in [0.4, 0.5) is 11.5 Å². The number of aromatic nitrogens is 2. The fraction of sp³-hybridized carbons (Fsp3) is 0.478. The Morgan fingerprint density at radius 3 is 2.57 bits per heavy atom. The van der Waals surface area contributed by atoms with Gasteiger partial charge in [-0.1, -0.05) is 42.7 Å². The molecule has 1 fully saturated rings. The molecule has 0 atom stereocenters. The van der Waals surface area contributed by atoms with Gasteiger partial charge in [0.2, 0.25) is 0 Å². The Morgan fingerprint density at radius 1 is 1.23 bits per heavy atom. The fourth-order valence-corrected chi connectivity index (χ4v) is 5.14. The highest BCUT2D eigenvalue weighted by Crippen LogP contribution is 2.36. The van der Waals surface area contributed by atoms with Gasteiger partial charge in [0, 0.05) is 37.1 Å². The molecular weight excluding hydrogens is 396 g/mol. The van der Waals surface area contributed by atoms with Gasteiger partial charge in [-0.05, 0) is 38.8 Å². The second kappa shape index (κ2) is 8.68. The number of benzene rings is 1. The van der Waals surface area contributed by atoms with Gasteiger partial charge in [-0.15, -0.1) is 0 Å². The molecule has 1 saturated carbocycles. The molecule has 4 rings (SSSR count). The Labute approximate surface area is 181 Å². The van der Waals surface area contributed by atoms with Crippen molar-refractivity contribution in [3.63, 3.8) is 0 Å².